The van der Waals surface area contributed by atoms with E-state index in [0.29, 0.717) is 11.7 Å². The minimum atomic E-state index is 0.444. The smallest absolute Gasteiger partial charge is 0.133 e. The van der Waals surface area contributed by atoms with Gasteiger partial charge in [0.05, 0.1) is 0 Å². The second-order valence-corrected chi connectivity index (χ2v) is 5.29. The van der Waals surface area contributed by atoms with Crippen LogP contribution in [0.15, 0.2) is 30.3 Å². The van der Waals surface area contributed by atoms with E-state index in [1.54, 1.807) is 0 Å². The first-order valence-corrected chi connectivity index (χ1v) is 7.11. The van der Waals surface area contributed by atoms with Crippen LogP contribution in [-0.2, 0) is 11.2 Å². The number of carbonyl (C=O) groups excluding carboxylic acids is 1. The fraction of sp³-hybridized carbons (Fsp3) is 0.562. The molecule has 1 aliphatic heterocycles. The first-order valence-electron chi connectivity index (χ1n) is 7.11. The molecule has 0 spiro atoms. The lowest BCUT2D eigenvalue weighted by atomic mass is 9.92. The third-order valence-corrected chi connectivity index (χ3v) is 3.68. The Bertz CT molecular complexity index is 355. The van der Waals surface area contributed by atoms with Gasteiger partial charge in [0, 0.05) is 12.8 Å². The van der Waals surface area contributed by atoms with Gasteiger partial charge in [-0.15, -0.1) is 0 Å². The van der Waals surface area contributed by atoms with E-state index in [1.807, 2.05) is 6.07 Å². The van der Waals surface area contributed by atoms with Gasteiger partial charge in [-0.2, -0.15) is 0 Å². The quantitative estimate of drug-likeness (QED) is 0.835. The Labute approximate surface area is 110 Å². The second kappa shape index (κ2) is 7.32. The Balaban J connectivity index is 1.62. The molecule has 1 heterocycles. The minimum Gasteiger partial charge on any atom is -0.316 e. The summed E-state index contributed by atoms with van der Waals surface area (Å²) in [5.74, 6) is 1.03. The molecule has 2 heteroatoms. The predicted octanol–water partition coefficient (Wildman–Crippen LogP) is 2.97. The molecule has 0 bridgehead atoms. The van der Waals surface area contributed by atoms with E-state index in [0.717, 1.165) is 38.8 Å². The number of hydrogen-bond acceptors (Lipinski definition) is 2. The number of carbonyl (C=O) groups is 1. The molecular formula is C16H23NO. The van der Waals surface area contributed by atoms with E-state index in [-0.39, 0.29) is 0 Å². The van der Waals surface area contributed by atoms with Gasteiger partial charge in [0.25, 0.3) is 0 Å². The van der Waals surface area contributed by atoms with Gasteiger partial charge in [0.15, 0.2) is 0 Å². The van der Waals surface area contributed by atoms with Crippen molar-refractivity contribution in [3.05, 3.63) is 35.9 Å². The molecule has 2 nitrogen and oxygen atoms in total. The van der Waals surface area contributed by atoms with E-state index in [9.17, 15) is 4.79 Å². The molecule has 1 N–H and O–H groups in total. The summed E-state index contributed by atoms with van der Waals surface area (Å²) >= 11 is 0. The standard InChI is InChI=1S/C16H23NO/c18-16(12-15-9-5-11-17-13-15)10-4-8-14-6-2-1-3-7-14/h1-3,6-7,15,17H,4-5,8-13H2. The maximum absolute atomic E-state index is 11.9. The summed E-state index contributed by atoms with van der Waals surface area (Å²) in [6.45, 7) is 2.16. The maximum Gasteiger partial charge on any atom is 0.133 e. The van der Waals surface area contributed by atoms with Crippen LogP contribution in [-0.4, -0.2) is 18.9 Å². The van der Waals surface area contributed by atoms with E-state index < -0.39 is 0 Å². The van der Waals surface area contributed by atoms with Gasteiger partial charge < -0.3 is 5.32 Å². The van der Waals surface area contributed by atoms with Gasteiger partial charge in [0.1, 0.15) is 5.78 Å². The summed E-state index contributed by atoms with van der Waals surface area (Å²) in [6.07, 6.45) is 5.98. The molecule has 1 atom stereocenters. The zero-order valence-electron chi connectivity index (χ0n) is 11.0. The van der Waals surface area contributed by atoms with Crippen molar-refractivity contribution in [1.29, 1.82) is 0 Å². The van der Waals surface area contributed by atoms with E-state index >= 15 is 0 Å². The van der Waals surface area contributed by atoms with Crippen LogP contribution in [0.1, 0.15) is 37.7 Å². The monoisotopic (exact) mass is 245 g/mol. The zero-order valence-corrected chi connectivity index (χ0v) is 11.0. The lowest BCUT2D eigenvalue weighted by Crippen LogP contribution is -2.31. The number of hydrogen-bond donors (Lipinski definition) is 1. The minimum absolute atomic E-state index is 0.444. The van der Waals surface area contributed by atoms with Gasteiger partial charge in [-0.05, 0) is 50.3 Å². The SMILES string of the molecule is O=C(CCCc1ccccc1)CC1CCCNC1. The Morgan fingerprint density at radius 2 is 2.11 bits per heavy atom. The van der Waals surface area contributed by atoms with Crippen molar-refractivity contribution in [2.45, 2.75) is 38.5 Å². The number of piperidine rings is 1. The fourth-order valence-corrected chi connectivity index (χ4v) is 2.66. The topological polar surface area (TPSA) is 29.1 Å². The predicted molar refractivity (Wildman–Crippen MR) is 74.6 cm³/mol. The number of aryl methyl sites for hydroxylation is 1. The fourth-order valence-electron chi connectivity index (χ4n) is 2.66. The Morgan fingerprint density at radius 1 is 1.28 bits per heavy atom. The van der Waals surface area contributed by atoms with Crippen LogP contribution in [0.25, 0.3) is 0 Å². The van der Waals surface area contributed by atoms with Crippen LogP contribution in [0, 0.1) is 5.92 Å². The molecule has 0 amide bonds. The number of Topliss-reactive ketones (excluding diaryl/α,β-unsaturated/α-hetero) is 1. The van der Waals surface area contributed by atoms with Crippen molar-refractivity contribution in [2.75, 3.05) is 13.1 Å². The lowest BCUT2D eigenvalue weighted by Gasteiger charge is -2.21. The summed E-state index contributed by atoms with van der Waals surface area (Å²) in [6, 6.07) is 10.4. The molecule has 0 radical (unpaired) electrons. The molecule has 1 fully saturated rings. The van der Waals surface area contributed by atoms with Gasteiger partial charge >= 0.3 is 0 Å². The number of nitrogens with one attached hydrogen (secondary N) is 1. The zero-order chi connectivity index (χ0) is 12.6. The van der Waals surface area contributed by atoms with Gasteiger partial charge in [-0.1, -0.05) is 30.3 Å². The number of benzene rings is 1. The van der Waals surface area contributed by atoms with E-state index in [4.69, 9.17) is 0 Å². The summed E-state index contributed by atoms with van der Waals surface area (Å²) in [5.41, 5.74) is 1.34. The molecule has 0 saturated carbocycles. The van der Waals surface area contributed by atoms with Gasteiger partial charge in [0.2, 0.25) is 0 Å². The molecule has 0 aliphatic carbocycles. The van der Waals surface area contributed by atoms with Crippen LogP contribution in [0.2, 0.25) is 0 Å². The Hall–Kier alpha value is -1.15. The third-order valence-electron chi connectivity index (χ3n) is 3.68. The highest BCUT2D eigenvalue weighted by Crippen LogP contribution is 2.16. The third kappa shape index (κ3) is 4.61. The molecule has 1 aromatic carbocycles. The van der Waals surface area contributed by atoms with Crippen LogP contribution in [0.3, 0.4) is 0 Å². The molecule has 0 aromatic heterocycles. The summed E-state index contributed by atoms with van der Waals surface area (Å²) in [5, 5.41) is 3.37. The molecule has 1 saturated heterocycles. The molecule has 2 rings (SSSR count). The van der Waals surface area contributed by atoms with Gasteiger partial charge in [-0.25, -0.2) is 0 Å². The molecule has 18 heavy (non-hydrogen) atoms. The number of rotatable bonds is 6. The summed E-state index contributed by atoms with van der Waals surface area (Å²) in [7, 11) is 0. The van der Waals surface area contributed by atoms with Crippen LogP contribution in [0.5, 0.6) is 0 Å². The molecular weight excluding hydrogens is 222 g/mol. The normalized spacial score (nSPS) is 19.7. The Kier molecular flexibility index (Phi) is 5.40. The molecule has 1 unspecified atom stereocenters. The van der Waals surface area contributed by atoms with Gasteiger partial charge in [-0.3, -0.25) is 4.79 Å². The molecule has 98 valence electrons. The van der Waals surface area contributed by atoms with E-state index in [1.165, 1.54) is 18.4 Å². The average molecular weight is 245 g/mol. The molecule has 1 aromatic rings. The highest BCUT2D eigenvalue weighted by atomic mass is 16.1. The van der Waals surface area contributed by atoms with Crippen molar-refractivity contribution in [3.8, 4) is 0 Å². The highest BCUT2D eigenvalue weighted by molar-refractivity contribution is 5.78. The number of ketones is 1. The van der Waals surface area contributed by atoms with Crippen molar-refractivity contribution < 1.29 is 4.79 Å². The van der Waals surface area contributed by atoms with Crippen molar-refractivity contribution in [3.63, 3.8) is 0 Å². The Morgan fingerprint density at radius 3 is 2.83 bits per heavy atom. The highest BCUT2D eigenvalue weighted by Gasteiger charge is 2.16. The van der Waals surface area contributed by atoms with E-state index in [2.05, 4.69) is 29.6 Å². The van der Waals surface area contributed by atoms with Crippen LogP contribution >= 0.6 is 0 Å². The maximum atomic E-state index is 11.9. The van der Waals surface area contributed by atoms with Crippen molar-refractivity contribution in [2.24, 2.45) is 5.92 Å². The largest absolute Gasteiger partial charge is 0.316 e. The van der Waals surface area contributed by atoms with Crippen LogP contribution < -0.4 is 5.32 Å². The second-order valence-electron chi connectivity index (χ2n) is 5.29. The van der Waals surface area contributed by atoms with Crippen LogP contribution in [0.4, 0.5) is 0 Å². The molecule has 1 aliphatic rings. The lowest BCUT2D eigenvalue weighted by molar-refractivity contribution is -0.120. The summed E-state index contributed by atoms with van der Waals surface area (Å²) < 4.78 is 0. The van der Waals surface area contributed by atoms with Crippen molar-refractivity contribution in [1.82, 2.24) is 5.32 Å². The first kappa shape index (κ1) is 13.3. The average Bonchev–Trinajstić information content (AvgIpc) is 2.41. The first-order chi connectivity index (χ1) is 8.84. The summed E-state index contributed by atoms with van der Waals surface area (Å²) in [4.78, 5) is 11.9. The van der Waals surface area contributed by atoms with Crippen molar-refractivity contribution >= 4 is 5.78 Å².